The lowest BCUT2D eigenvalue weighted by Gasteiger charge is -2.08. The van der Waals surface area contributed by atoms with E-state index in [0.717, 1.165) is 9.86 Å². The maximum Gasteiger partial charge on any atom is 0.379 e. The lowest BCUT2D eigenvalue weighted by molar-refractivity contribution is 0.0704. The number of fused-ring (bicyclic) bond motifs is 3. The number of ether oxygens (including phenoxy) is 1. The van der Waals surface area contributed by atoms with Gasteiger partial charge >= 0.3 is 17.2 Å². The molecule has 9 heteroatoms. The van der Waals surface area contributed by atoms with E-state index in [4.69, 9.17) is 29.6 Å². The summed E-state index contributed by atoms with van der Waals surface area (Å²) in [6, 6.07) is 19.1. The highest BCUT2D eigenvalue weighted by molar-refractivity contribution is 9.10. The van der Waals surface area contributed by atoms with Gasteiger partial charge in [0, 0.05) is 43.4 Å². The summed E-state index contributed by atoms with van der Waals surface area (Å²) >= 11 is 9.45. The summed E-state index contributed by atoms with van der Waals surface area (Å²) in [5, 5.41) is 2.27. The second-order valence-electron chi connectivity index (χ2n) is 7.95. The minimum absolute atomic E-state index is 0.0193. The summed E-state index contributed by atoms with van der Waals surface area (Å²) in [4.78, 5) is 37.7. The Morgan fingerprint density at radius 1 is 0.750 bits per heavy atom. The molecule has 0 aliphatic carbocycles. The van der Waals surface area contributed by atoms with E-state index < -0.39 is 17.2 Å². The Labute approximate surface area is 214 Å². The minimum atomic E-state index is -0.716. The molecule has 0 saturated carbocycles. The van der Waals surface area contributed by atoms with Crippen molar-refractivity contribution in [1.82, 2.24) is 0 Å². The van der Waals surface area contributed by atoms with Gasteiger partial charge in [0.25, 0.3) is 0 Å². The molecule has 176 valence electrons. The van der Waals surface area contributed by atoms with Gasteiger partial charge in [0.2, 0.25) is 5.76 Å². The zero-order valence-corrected chi connectivity index (χ0v) is 20.4. The van der Waals surface area contributed by atoms with Crippen LogP contribution in [0.2, 0.25) is 5.02 Å². The molecule has 3 aromatic heterocycles. The topological polar surface area (TPSA) is 99.9 Å². The zero-order chi connectivity index (χ0) is 25.0. The molecule has 0 aliphatic rings. The van der Waals surface area contributed by atoms with E-state index in [-0.39, 0.29) is 22.7 Å². The lowest BCUT2D eigenvalue weighted by atomic mass is 10.0. The third-order valence-electron chi connectivity index (χ3n) is 5.59. The predicted molar refractivity (Wildman–Crippen MR) is 138 cm³/mol. The molecule has 3 heterocycles. The quantitative estimate of drug-likeness (QED) is 0.130. The van der Waals surface area contributed by atoms with Crippen molar-refractivity contribution in [2.45, 2.75) is 0 Å². The Balaban J connectivity index is 1.40. The summed E-state index contributed by atoms with van der Waals surface area (Å²) in [5.41, 5.74) is 0.209. The summed E-state index contributed by atoms with van der Waals surface area (Å²) < 4.78 is 22.6. The fourth-order valence-electron chi connectivity index (χ4n) is 3.98. The molecule has 3 aromatic carbocycles. The van der Waals surface area contributed by atoms with E-state index in [1.807, 2.05) is 6.07 Å². The molecule has 0 spiro atoms. The smallest absolute Gasteiger partial charge is 0.379 e. The van der Waals surface area contributed by atoms with Crippen molar-refractivity contribution in [3.8, 4) is 16.9 Å². The second-order valence-corrected chi connectivity index (χ2v) is 9.30. The van der Waals surface area contributed by atoms with Crippen LogP contribution in [0.1, 0.15) is 10.6 Å². The Kier molecular flexibility index (Phi) is 5.28. The molecule has 0 atom stereocenters. The van der Waals surface area contributed by atoms with Gasteiger partial charge < -0.3 is 18.0 Å². The summed E-state index contributed by atoms with van der Waals surface area (Å²) in [6.07, 6.45) is 0. The predicted octanol–water partition coefficient (Wildman–Crippen LogP) is 6.95. The summed E-state index contributed by atoms with van der Waals surface area (Å²) in [5.74, 6) is -0.565. The van der Waals surface area contributed by atoms with Crippen molar-refractivity contribution in [2.75, 3.05) is 0 Å². The number of carbonyl (C=O) groups excluding carboxylic acids is 1. The van der Waals surface area contributed by atoms with Gasteiger partial charge in [0.1, 0.15) is 22.5 Å². The average Bonchev–Trinajstić information content (AvgIpc) is 3.26. The first kappa shape index (κ1) is 22.3. The molecule has 6 rings (SSSR count). The number of benzene rings is 3. The first-order chi connectivity index (χ1) is 17.3. The largest absolute Gasteiger partial charge is 0.449 e. The van der Waals surface area contributed by atoms with E-state index >= 15 is 0 Å². The highest BCUT2D eigenvalue weighted by atomic mass is 79.9. The maximum atomic E-state index is 12.7. The van der Waals surface area contributed by atoms with Crippen LogP contribution < -0.4 is 16.0 Å². The van der Waals surface area contributed by atoms with Crippen LogP contribution in [0.5, 0.6) is 5.75 Å². The second kappa shape index (κ2) is 8.51. The number of hydrogen-bond acceptors (Lipinski definition) is 7. The van der Waals surface area contributed by atoms with Crippen LogP contribution in [0.15, 0.2) is 100 Å². The SMILES string of the molecule is O=C(Oc1ccc2c(-c3cc4cc(Cl)ccc4oc3=O)cc(=O)oc2c1)c1cc2cc(Br)ccc2o1. The molecule has 0 aliphatic heterocycles. The molecule has 0 radical (unpaired) electrons. The first-order valence-corrected chi connectivity index (χ1v) is 11.7. The molecular formula is C27H12BrClO7. The zero-order valence-electron chi connectivity index (χ0n) is 18.0. The van der Waals surface area contributed by atoms with Crippen LogP contribution in [-0.4, -0.2) is 5.97 Å². The van der Waals surface area contributed by atoms with Crippen LogP contribution in [0.25, 0.3) is 44.0 Å². The van der Waals surface area contributed by atoms with Crippen molar-refractivity contribution >= 4 is 66.4 Å². The maximum absolute atomic E-state index is 12.7. The van der Waals surface area contributed by atoms with Gasteiger partial charge in [0.15, 0.2) is 0 Å². The number of esters is 1. The number of halogens is 2. The van der Waals surface area contributed by atoms with Crippen molar-refractivity contribution < 1.29 is 22.8 Å². The third kappa shape index (κ3) is 4.00. The number of carbonyl (C=O) groups is 1. The van der Waals surface area contributed by atoms with E-state index in [0.29, 0.717) is 32.5 Å². The Hall–Kier alpha value is -4.14. The molecular weight excluding hydrogens is 552 g/mol. The van der Waals surface area contributed by atoms with Gasteiger partial charge in [-0.3, -0.25) is 0 Å². The number of furan rings is 1. The van der Waals surface area contributed by atoms with E-state index in [1.54, 1.807) is 48.5 Å². The van der Waals surface area contributed by atoms with Crippen molar-refractivity contribution in [2.24, 2.45) is 0 Å². The van der Waals surface area contributed by atoms with Gasteiger partial charge in [-0.2, -0.15) is 0 Å². The van der Waals surface area contributed by atoms with Gasteiger partial charge in [-0.05, 0) is 60.7 Å². The van der Waals surface area contributed by atoms with Crippen molar-refractivity contribution in [1.29, 1.82) is 0 Å². The summed E-state index contributed by atoms with van der Waals surface area (Å²) in [7, 11) is 0. The minimum Gasteiger partial charge on any atom is -0.449 e. The molecule has 0 unspecified atom stereocenters. The van der Waals surface area contributed by atoms with E-state index in [1.165, 1.54) is 18.2 Å². The van der Waals surface area contributed by atoms with Gasteiger partial charge in [0.05, 0.1) is 5.56 Å². The monoisotopic (exact) mass is 562 g/mol. The van der Waals surface area contributed by atoms with Crippen molar-refractivity contribution in [3.63, 3.8) is 0 Å². The Morgan fingerprint density at radius 3 is 2.39 bits per heavy atom. The normalized spacial score (nSPS) is 11.4. The summed E-state index contributed by atoms with van der Waals surface area (Å²) in [6.45, 7) is 0. The number of rotatable bonds is 3. The third-order valence-corrected chi connectivity index (χ3v) is 6.32. The van der Waals surface area contributed by atoms with Crippen LogP contribution in [-0.2, 0) is 0 Å². The van der Waals surface area contributed by atoms with E-state index in [9.17, 15) is 14.4 Å². The number of hydrogen-bond donors (Lipinski definition) is 0. The standard InChI is InChI=1S/C27H12BrClO7/c28-15-1-5-21-13(7-15)10-24(34-21)27(32)33-17-3-4-18-19(12-25(30)35-23(18)11-17)20-9-14-8-16(29)2-6-22(14)36-26(20)31/h1-12H. The molecule has 0 fully saturated rings. The highest BCUT2D eigenvalue weighted by Gasteiger charge is 2.18. The Bertz CT molecular complexity index is 1970. The lowest BCUT2D eigenvalue weighted by Crippen LogP contribution is -2.08. The van der Waals surface area contributed by atoms with Crippen LogP contribution in [0.3, 0.4) is 0 Å². The highest BCUT2D eigenvalue weighted by Crippen LogP contribution is 2.31. The fourth-order valence-corrected chi connectivity index (χ4v) is 4.54. The fraction of sp³-hybridized carbons (Fsp3) is 0. The molecule has 6 aromatic rings. The van der Waals surface area contributed by atoms with Gasteiger partial charge in [-0.15, -0.1) is 0 Å². The molecule has 0 amide bonds. The van der Waals surface area contributed by atoms with Crippen LogP contribution in [0.4, 0.5) is 0 Å². The van der Waals surface area contributed by atoms with Gasteiger partial charge in [-0.25, -0.2) is 14.4 Å². The van der Waals surface area contributed by atoms with Gasteiger partial charge in [-0.1, -0.05) is 27.5 Å². The molecule has 0 bridgehead atoms. The molecule has 0 N–H and O–H groups in total. The molecule has 0 saturated heterocycles. The van der Waals surface area contributed by atoms with Crippen molar-refractivity contribution in [3.05, 3.63) is 109 Å². The first-order valence-electron chi connectivity index (χ1n) is 10.6. The van der Waals surface area contributed by atoms with E-state index in [2.05, 4.69) is 15.9 Å². The van der Waals surface area contributed by atoms with Crippen LogP contribution in [0, 0.1) is 0 Å². The average molecular weight is 564 g/mol. The molecule has 7 nitrogen and oxygen atoms in total. The molecule has 36 heavy (non-hydrogen) atoms. The van der Waals surface area contributed by atoms with Crippen LogP contribution >= 0.6 is 27.5 Å². The Morgan fingerprint density at radius 2 is 1.53 bits per heavy atom.